The van der Waals surface area contributed by atoms with Gasteiger partial charge in [-0.3, -0.25) is 4.90 Å². The Morgan fingerprint density at radius 2 is 2.14 bits per heavy atom. The molecule has 1 aromatic heterocycles. The number of aryl methyl sites for hydroxylation is 1. The highest BCUT2D eigenvalue weighted by Crippen LogP contribution is 2.18. The summed E-state index contributed by atoms with van der Waals surface area (Å²) in [4.78, 5) is 6.69. The van der Waals surface area contributed by atoms with Crippen LogP contribution in [-0.4, -0.2) is 60.6 Å². The Bertz CT molecular complexity index is 428. The van der Waals surface area contributed by atoms with Gasteiger partial charge in [0.2, 0.25) is 5.89 Å². The normalized spacial score (nSPS) is 25.3. The Morgan fingerprint density at radius 3 is 2.90 bits per heavy atom. The summed E-state index contributed by atoms with van der Waals surface area (Å²) in [5.41, 5.74) is 6.17. The number of rotatable bonds is 6. The first-order valence-electron chi connectivity index (χ1n) is 7.81. The lowest BCUT2D eigenvalue weighted by Crippen LogP contribution is -2.40. The molecule has 0 bridgehead atoms. The lowest BCUT2D eigenvalue weighted by Gasteiger charge is -2.27. The largest absolute Gasteiger partial charge is 0.379 e. The van der Waals surface area contributed by atoms with Gasteiger partial charge in [0.05, 0.1) is 25.4 Å². The summed E-state index contributed by atoms with van der Waals surface area (Å²) < 4.78 is 16.2. The predicted octanol–water partition coefficient (Wildman–Crippen LogP) is 0.513. The topological polar surface area (TPSA) is 86.6 Å². The highest BCUT2D eigenvalue weighted by molar-refractivity contribution is 4.95. The molecule has 0 aromatic carbocycles. The Labute approximate surface area is 124 Å². The number of morpholine rings is 1. The van der Waals surface area contributed by atoms with Crippen molar-refractivity contribution in [2.24, 2.45) is 5.73 Å². The number of nitrogens with two attached hydrogens (primary N) is 1. The van der Waals surface area contributed by atoms with Crippen molar-refractivity contribution in [3.8, 4) is 0 Å². The van der Waals surface area contributed by atoms with Gasteiger partial charge in [-0.2, -0.15) is 4.98 Å². The van der Waals surface area contributed by atoms with Gasteiger partial charge in [-0.1, -0.05) is 5.16 Å². The van der Waals surface area contributed by atoms with Gasteiger partial charge < -0.3 is 19.7 Å². The van der Waals surface area contributed by atoms with Crippen LogP contribution in [0.3, 0.4) is 0 Å². The zero-order valence-electron chi connectivity index (χ0n) is 12.4. The van der Waals surface area contributed by atoms with Gasteiger partial charge in [0, 0.05) is 32.7 Å². The van der Waals surface area contributed by atoms with Gasteiger partial charge in [-0.15, -0.1) is 0 Å². The fraction of sp³-hybridized carbons (Fsp3) is 0.857. The minimum absolute atomic E-state index is 0.205. The van der Waals surface area contributed by atoms with Crippen LogP contribution >= 0.6 is 0 Å². The molecule has 0 aliphatic carbocycles. The predicted molar refractivity (Wildman–Crippen MR) is 75.8 cm³/mol. The summed E-state index contributed by atoms with van der Waals surface area (Å²) in [5, 5.41) is 4.02. The lowest BCUT2D eigenvalue weighted by atomic mass is 10.1. The smallest absolute Gasteiger partial charge is 0.226 e. The molecule has 0 spiro atoms. The molecular formula is C14H24N4O3. The van der Waals surface area contributed by atoms with E-state index in [2.05, 4.69) is 15.0 Å². The van der Waals surface area contributed by atoms with E-state index in [9.17, 15) is 0 Å². The van der Waals surface area contributed by atoms with Crippen LogP contribution in [0.2, 0.25) is 0 Å². The fourth-order valence-electron chi connectivity index (χ4n) is 2.82. The van der Waals surface area contributed by atoms with Gasteiger partial charge >= 0.3 is 0 Å². The van der Waals surface area contributed by atoms with Crippen molar-refractivity contribution in [1.82, 2.24) is 15.0 Å². The Hall–Kier alpha value is -1.02. The molecular weight excluding hydrogens is 272 g/mol. The molecule has 2 fully saturated rings. The van der Waals surface area contributed by atoms with Gasteiger partial charge in [0.25, 0.3) is 0 Å². The van der Waals surface area contributed by atoms with Crippen LogP contribution in [0.1, 0.15) is 37.0 Å². The summed E-state index contributed by atoms with van der Waals surface area (Å²) in [5.74, 6) is 1.27. The van der Waals surface area contributed by atoms with E-state index in [1.807, 2.05) is 0 Å². The first kappa shape index (κ1) is 14.9. The highest BCUT2D eigenvalue weighted by Gasteiger charge is 2.21. The number of nitrogens with zero attached hydrogens (tertiary/aromatic N) is 3. The molecule has 3 rings (SSSR count). The van der Waals surface area contributed by atoms with Crippen LogP contribution in [-0.2, 0) is 15.9 Å². The van der Waals surface area contributed by atoms with E-state index in [0.717, 1.165) is 65.1 Å². The maximum Gasteiger partial charge on any atom is 0.226 e. The second-order valence-electron chi connectivity index (χ2n) is 5.74. The van der Waals surface area contributed by atoms with Crippen LogP contribution < -0.4 is 5.73 Å². The summed E-state index contributed by atoms with van der Waals surface area (Å²) in [6.45, 7) is 4.99. The zero-order chi connectivity index (χ0) is 14.5. The minimum Gasteiger partial charge on any atom is -0.379 e. The monoisotopic (exact) mass is 296 g/mol. The van der Waals surface area contributed by atoms with Crippen molar-refractivity contribution in [2.45, 2.75) is 37.8 Å². The average molecular weight is 296 g/mol. The van der Waals surface area contributed by atoms with Crippen LogP contribution in [0.25, 0.3) is 0 Å². The van der Waals surface area contributed by atoms with Crippen molar-refractivity contribution in [3.63, 3.8) is 0 Å². The average Bonchev–Trinajstić information content (AvgIpc) is 3.18. The summed E-state index contributed by atoms with van der Waals surface area (Å²) in [6.07, 6.45) is 4.35. The molecule has 7 nitrogen and oxygen atoms in total. The van der Waals surface area contributed by atoms with Crippen molar-refractivity contribution >= 4 is 0 Å². The molecule has 2 atom stereocenters. The van der Waals surface area contributed by atoms with Gasteiger partial charge in [0.15, 0.2) is 5.82 Å². The molecule has 3 heterocycles. The molecule has 118 valence electrons. The molecule has 2 saturated heterocycles. The molecule has 2 unspecified atom stereocenters. The van der Waals surface area contributed by atoms with E-state index in [4.69, 9.17) is 19.7 Å². The maximum atomic E-state index is 6.17. The van der Waals surface area contributed by atoms with Crippen LogP contribution in [0.5, 0.6) is 0 Å². The number of aromatic nitrogens is 2. The molecule has 0 saturated carbocycles. The minimum atomic E-state index is -0.205. The SMILES string of the molecule is NC(CN1CCOCC1)c1noc(CCC2CCCO2)n1. The molecule has 2 aliphatic heterocycles. The van der Waals surface area contributed by atoms with E-state index < -0.39 is 0 Å². The third kappa shape index (κ3) is 4.23. The van der Waals surface area contributed by atoms with Crippen molar-refractivity contribution in [3.05, 3.63) is 11.7 Å². The number of ether oxygens (including phenoxy) is 2. The second kappa shape index (κ2) is 7.31. The van der Waals surface area contributed by atoms with Crippen molar-refractivity contribution in [2.75, 3.05) is 39.5 Å². The first-order chi connectivity index (χ1) is 10.3. The van der Waals surface area contributed by atoms with E-state index in [1.165, 1.54) is 0 Å². The number of hydrogen-bond acceptors (Lipinski definition) is 7. The standard InChI is InChI=1S/C14H24N4O3/c15-12(10-18-5-8-19-9-6-18)14-16-13(21-17-14)4-3-11-2-1-7-20-11/h11-12H,1-10,15H2. The molecule has 0 radical (unpaired) electrons. The van der Waals surface area contributed by atoms with Crippen molar-refractivity contribution in [1.29, 1.82) is 0 Å². The number of hydrogen-bond donors (Lipinski definition) is 1. The van der Waals surface area contributed by atoms with Crippen LogP contribution in [0.4, 0.5) is 0 Å². The molecule has 1 aromatic rings. The maximum absolute atomic E-state index is 6.17. The van der Waals surface area contributed by atoms with Gasteiger partial charge in [-0.05, 0) is 19.3 Å². The van der Waals surface area contributed by atoms with E-state index in [-0.39, 0.29) is 6.04 Å². The fourth-order valence-corrected chi connectivity index (χ4v) is 2.82. The van der Waals surface area contributed by atoms with E-state index in [0.29, 0.717) is 17.8 Å². The zero-order valence-corrected chi connectivity index (χ0v) is 12.4. The lowest BCUT2D eigenvalue weighted by molar-refractivity contribution is 0.0348. The molecule has 0 amide bonds. The van der Waals surface area contributed by atoms with Gasteiger partial charge in [-0.25, -0.2) is 0 Å². The molecule has 2 aliphatic rings. The third-order valence-electron chi connectivity index (χ3n) is 4.08. The molecule has 2 N–H and O–H groups in total. The summed E-state index contributed by atoms with van der Waals surface area (Å²) in [6, 6.07) is -0.205. The Morgan fingerprint density at radius 1 is 1.29 bits per heavy atom. The van der Waals surface area contributed by atoms with E-state index in [1.54, 1.807) is 0 Å². The summed E-state index contributed by atoms with van der Waals surface area (Å²) in [7, 11) is 0. The quantitative estimate of drug-likeness (QED) is 0.818. The van der Waals surface area contributed by atoms with E-state index >= 15 is 0 Å². The molecule has 7 heteroatoms. The Kier molecular flexibility index (Phi) is 5.18. The highest BCUT2D eigenvalue weighted by atomic mass is 16.5. The Balaban J connectivity index is 1.46. The van der Waals surface area contributed by atoms with Crippen LogP contribution in [0.15, 0.2) is 4.52 Å². The van der Waals surface area contributed by atoms with Crippen molar-refractivity contribution < 1.29 is 14.0 Å². The third-order valence-corrected chi connectivity index (χ3v) is 4.08. The first-order valence-corrected chi connectivity index (χ1v) is 7.81. The molecule has 21 heavy (non-hydrogen) atoms. The second-order valence-corrected chi connectivity index (χ2v) is 5.74. The van der Waals surface area contributed by atoms with Crippen LogP contribution in [0, 0.1) is 0 Å². The van der Waals surface area contributed by atoms with Gasteiger partial charge in [0.1, 0.15) is 0 Å². The summed E-state index contributed by atoms with van der Waals surface area (Å²) >= 11 is 0.